The Morgan fingerprint density at radius 3 is 2.67 bits per heavy atom. The van der Waals surface area contributed by atoms with Gasteiger partial charge in [-0.05, 0) is 42.8 Å². The molecule has 2 N–H and O–H groups in total. The number of aryl methyl sites for hydroxylation is 1. The number of hydrogen-bond donors (Lipinski definition) is 2. The number of rotatable bonds is 2. The minimum Gasteiger partial charge on any atom is -0.350 e. The molecule has 0 bridgehead atoms. The fourth-order valence-corrected chi connectivity index (χ4v) is 2.17. The number of fused-ring (bicyclic) bond motifs is 1. The molecule has 1 amide bonds. The van der Waals surface area contributed by atoms with Gasteiger partial charge in [0.05, 0.1) is 5.69 Å². The molecule has 0 aliphatic carbocycles. The molecule has 0 aliphatic heterocycles. The van der Waals surface area contributed by atoms with Gasteiger partial charge in [0, 0.05) is 10.9 Å². The second-order valence-corrected chi connectivity index (χ2v) is 4.82. The number of H-pyrrole nitrogens is 1. The first kappa shape index (κ1) is 13.3. The molecule has 2 aromatic carbocycles. The third-order valence-electron chi connectivity index (χ3n) is 3.23. The molecule has 3 aromatic rings. The van der Waals surface area contributed by atoms with E-state index in [1.807, 2.05) is 0 Å². The van der Waals surface area contributed by atoms with E-state index >= 15 is 0 Å². The number of carbonyl (C=O) groups excluding carboxylic acids is 1. The maximum absolute atomic E-state index is 13.6. The molecule has 0 spiro atoms. The Kier molecular flexibility index (Phi) is 3.17. The van der Waals surface area contributed by atoms with Crippen molar-refractivity contribution >= 4 is 22.5 Å². The van der Waals surface area contributed by atoms with Crippen molar-refractivity contribution < 1.29 is 13.6 Å². The number of halogens is 2. The largest absolute Gasteiger partial charge is 0.350 e. The van der Waals surface area contributed by atoms with Gasteiger partial charge < -0.3 is 10.3 Å². The maximum atomic E-state index is 13.6. The fraction of sp³-hybridized carbons (Fsp3) is 0.0625. The lowest BCUT2D eigenvalue weighted by atomic mass is 10.2. The standard InChI is InChI=1S/C16H12F2N2O/c1-9-5-6-12(18)14(7-9)20-16(21)15-8-10-11(17)3-2-4-13(10)19-15/h2-8,19H,1H3,(H,20,21). The molecule has 3 rings (SSSR count). The number of nitrogens with one attached hydrogen (secondary N) is 2. The van der Waals surface area contributed by atoms with E-state index in [1.165, 1.54) is 24.3 Å². The average molecular weight is 286 g/mol. The van der Waals surface area contributed by atoms with E-state index in [-0.39, 0.29) is 11.4 Å². The van der Waals surface area contributed by atoms with Crippen molar-refractivity contribution in [3.05, 3.63) is 65.4 Å². The zero-order chi connectivity index (χ0) is 15.0. The lowest BCUT2D eigenvalue weighted by Crippen LogP contribution is -2.13. The lowest BCUT2D eigenvalue weighted by Gasteiger charge is -2.06. The van der Waals surface area contributed by atoms with Gasteiger partial charge in [-0.25, -0.2) is 8.78 Å². The zero-order valence-corrected chi connectivity index (χ0v) is 11.2. The van der Waals surface area contributed by atoms with Crippen LogP contribution in [-0.4, -0.2) is 10.9 Å². The van der Waals surface area contributed by atoms with Crippen LogP contribution in [-0.2, 0) is 0 Å². The van der Waals surface area contributed by atoms with Gasteiger partial charge in [-0.15, -0.1) is 0 Å². The van der Waals surface area contributed by atoms with E-state index < -0.39 is 17.5 Å². The topological polar surface area (TPSA) is 44.9 Å². The van der Waals surface area contributed by atoms with E-state index in [9.17, 15) is 13.6 Å². The predicted molar refractivity (Wildman–Crippen MR) is 77.3 cm³/mol. The minimum atomic E-state index is -0.518. The van der Waals surface area contributed by atoms with Gasteiger partial charge in [0.1, 0.15) is 17.3 Å². The number of amides is 1. The van der Waals surface area contributed by atoms with Crippen LogP contribution in [0.25, 0.3) is 10.9 Å². The molecule has 5 heteroatoms. The molecular formula is C16H12F2N2O. The smallest absolute Gasteiger partial charge is 0.272 e. The van der Waals surface area contributed by atoms with Crippen molar-refractivity contribution in [2.24, 2.45) is 0 Å². The van der Waals surface area contributed by atoms with Crippen LogP contribution >= 0.6 is 0 Å². The first-order chi connectivity index (χ1) is 10.0. The van der Waals surface area contributed by atoms with Gasteiger partial charge in [0.25, 0.3) is 5.91 Å². The molecular weight excluding hydrogens is 274 g/mol. The summed E-state index contributed by atoms with van der Waals surface area (Å²) in [5, 5.41) is 2.81. The van der Waals surface area contributed by atoms with E-state index in [4.69, 9.17) is 0 Å². The van der Waals surface area contributed by atoms with Crippen LogP contribution in [0, 0.1) is 18.6 Å². The Bertz CT molecular complexity index is 839. The number of carbonyl (C=O) groups is 1. The highest BCUT2D eigenvalue weighted by Gasteiger charge is 2.13. The van der Waals surface area contributed by atoms with E-state index in [0.29, 0.717) is 10.9 Å². The van der Waals surface area contributed by atoms with Gasteiger partial charge in [-0.2, -0.15) is 0 Å². The van der Waals surface area contributed by atoms with Gasteiger partial charge in [0.2, 0.25) is 0 Å². The fourth-order valence-electron chi connectivity index (χ4n) is 2.17. The van der Waals surface area contributed by atoms with Crippen molar-refractivity contribution in [2.75, 3.05) is 5.32 Å². The summed E-state index contributed by atoms with van der Waals surface area (Å²) in [5.41, 5.74) is 1.62. The van der Waals surface area contributed by atoms with E-state index in [1.54, 1.807) is 25.1 Å². The molecule has 0 unspecified atom stereocenters. The zero-order valence-electron chi connectivity index (χ0n) is 11.2. The Morgan fingerprint density at radius 2 is 1.90 bits per heavy atom. The van der Waals surface area contributed by atoms with Crippen LogP contribution in [0.1, 0.15) is 16.1 Å². The molecule has 0 saturated heterocycles. The van der Waals surface area contributed by atoms with Crippen molar-refractivity contribution in [1.29, 1.82) is 0 Å². The highest BCUT2D eigenvalue weighted by molar-refractivity contribution is 6.06. The molecule has 1 heterocycles. The molecule has 3 nitrogen and oxygen atoms in total. The average Bonchev–Trinajstić information content (AvgIpc) is 2.88. The minimum absolute atomic E-state index is 0.0964. The Labute approximate surface area is 119 Å². The molecule has 0 saturated carbocycles. The SMILES string of the molecule is Cc1ccc(F)c(NC(=O)c2cc3c(F)cccc3[nH]2)c1. The second-order valence-electron chi connectivity index (χ2n) is 4.82. The Balaban J connectivity index is 1.93. The van der Waals surface area contributed by atoms with Crippen LogP contribution in [0.2, 0.25) is 0 Å². The van der Waals surface area contributed by atoms with Crippen molar-refractivity contribution in [3.63, 3.8) is 0 Å². The summed E-state index contributed by atoms with van der Waals surface area (Å²) in [7, 11) is 0. The Morgan fingerprint density at radius 1 is 1.10 bits per heavy atom. The van der Waals surface area contributed by atoms with Gasteiger partial charge in [-0.1, -0.05) is 12.1 Å². The third kappa shape index (κ3) is 2.50. The van der Waals surface area contributed by atoms with Crippen LogP contribution in [0.3, 0.4) is 0 Å². The van der Waals surface area contributed by atoms with E-state index in [2.05, 4.69) is 10.3 Å². The first-order valence-electron chi connectivity index (χ1n) is 6.39. The van der Waals surface area contributed by atoms with Crippen LogP contribution in [0.5, 0.6) is 0 Å². The number of aromatic amines is 1. The number of hydrogen-bond acceptors (Lipinski definition) is 1. The van der Waals surface area contributed by atoms with Crippen molar-refractivity contribution in [3.8, 4) is 0 Å². The molecule has 0 radical (unpaired) electrons. The molecule has 21 heavy (non-hydrogen) atoms. The summed E-state index contributed by atoms with van der Waals surface area (Å²) >= 11 is 0. The van der Waals surface area contributed by atoms with Crippen molar-refractivity contribution in [2.45, 2.75) is 6.92 Å². The highest BCUT2D eigenvalue weighted by atomic mass is 19.1. The number of aromatic nitrogens is 1. The number of anilines is 1. The van der Waals surface area contributed by atoms with Gasteiger partial charge in [0.15, 0.2) is 0 Å². The molecule has 0 aliphatic rings. The van der Waals surface area contributed by atoms with Crippen LogP contribution in [0.15, 0.2) is 42.5 Å². The quantitative estimate of drug-likeness (QED) is 0.734. The summed E-state index contributed by atoms with van der Waals surface area (Å²) in [5.74, 6) is -1.45. The van der Waals surface area contributed by atoms with E-state index in [0.717, 1.165) is 5.56 Å². The molecule has 0 atom stereocenters. The van der Waals surface area contributed by atoms with Crippen molar-refractivity contribution in [1.82, 2.24) is 4.98 Å². The normalized spacial score (nSPS) is 10.8. The van der Waals surface area contributed by atoms with Gasteiger partial charge >= 0.3 is 0 Å². The summed E-state index contributed by atoms with van der Waals surface area (Å²) in [6.45, 7) is 1.80. The molecule has 0 fully saturated rings. The summed E-state index contributed by atoms with van der Waals surface area (Å²) in [6, 6.07) is 10.4. The lowest BCUT2D eigenvalue weighted by molar-refractivity contribution is 0.102. The summed E-state index contributed by atoms with van der Waals surface area (Å²) in [4.78, 5) is 14.9. The second kappa shape index (κ2) is 5.01. The summed E-state index contributed by atoms with van der Waals surface area (Å²) < 4.78 is 27.2. The highest BCUT2D eigenvalue weighted by Crippen LogP contribution is 2.21. The predicted octanol–water partition coefficient (Wildman–Crippen LogP) is 4.01. The molecule has 1 aromatic heterocycles. The maximum Gasteiger partial charge on any atom is 0.272 e. The first-order valence-corrected chi connectivity index (χ1v) is 6.39. The van der Waals surface area contributed by atoms with Crippen LogP contribution in [0.4, 0.5) is 14.5 Å². The van der Waals surface area contributed by atoms with Gasteiger partial charge in [-0.3, -0.25) is 4.79 Å². The number of benzene rings is 2. The van der Waals surface area contributed by atoms with Crippen LogP contribution < -0.4 is 5.32 Å². The third-order valence-corrected chi connectivity index (χ3v) is 3.23. The molecule has 106 valence electrons. The Hall–Kier alpha value is -2.69. The summed E-state index contributed by atoms with van der Waals surface area (Å²) in [6.07, 6.45) is 0. The monoisotopic (exact) mass is 286 g/mol.